The van der Waals surface area contributed by atoms with Crippen molar-refractivity contribution in [1.29, 1.82) is 0 Å². The lowest BCUT2D eigenvalue weighted by molar-refractivity contribution is -0.112. The monoisotopic (exact) mass is 668 g/mol. The second-order valence-electron chi connectivity index (χ2n) is 13.4. The van der Waals surface area contributed by atoms with Crippen molar-refractivity contribution >= 4 is 39.8 Å². The van der Waals surface area contributed by atoms with Crippen LogP contribution in [0.2, 0.25) is 0 Å². The molecular weight excluding hydrogens is 621 g/mol. The summed E-state index contributed by atoms with van der Waals surface area (Å²) >= 11 is 1.32. The number of carboxylic acids is 1. The zero-order valence-electron chi connectivity index (χ0n) is 28.6. The van der Waals surface area contributed by atoms with E-state index in [0.29, 0.717) is 41.5 Å². The molecule has 5 rings (SSSR count). The molecule has 9 heteroatoms. The van der Waals surface area contributed by atoms with Gasteiger partial charge in [0, 0.05) is 23.8 Å². The summed E-state index contributed by atoms with van der Waals surface area (Å²) in [5.74, 6) is 0.579. The van der Waals surface area contributed by atoms with E-state index in [1.54, 1.807) is 0 Å². The zero-order valence-corrected chi connectivity index (χ0v) is 29.4. The number of amides is 1. The molecule has 0 spiro atoms. The topological polar surface area (TPSA) is 105 Å². The summed E-state index contributed by atoms with van der Waals surface area (Å²) in [6, 6.07) is 18.8. The molecule has 0 bridgehead atoms. The van der Waals surface area contributed by atoms with Gasteiger partial charge in [-0.25, -0.2) is 9.78 Å². The quantitative estimate of drug-likeness (QED) is 0.143. The molecule has 1 saturated heterocycles. The highest BCUT2D eigenvalue weighted by molar-refractivity contribution is 8.13. The maximum absolute atomic E-state index is 13.8. The summed E-state index contributed by atoms with van der Waals surface area (Å²) in [4.78, 5) is 46.6. The first-order valence-corrected chi connectivity index (χ1v) is 18.2. The molecule has 3 aromatic carbocycles. The van der Waals surface area contributed by atoms with Gasteiger partial charge in [0.25, 0.3) is 5.91 Å². The number of rotatable bonds is 14. The molecular formula is C39H48N4O4S. The summed E-state index contributed by atoms with van der Waals surface area (Å²) in [5.41, 5.74) is 5.48. The van der Waals surface area contributed by atoms with Gasteiger partial charge in [-0.1, -0.05) is 87.5 Å². The van der Waals surface area contributed by atoms with Crippen molar-refractivity contribution in [3.63, 3.8) is 0 Å². The van der Waals surface area contributed by atoms with E-state index in [0.717, 1.165) is 73.2 Å². The standard InChI is InChI=1S/C39H48N4O4S/c1-5-13-34-41-37-27(4)21-30(38(45)40-31(20-26(2)3)25-48-35(44)24-42-18-10-7-11-19-42)22-33(37)43(34)23-29-16-12-17-32(36(29)39(46)47)28-14-8-6-9-15-28/h6,8-9,12,14-17,21-22,26,31H,5,7,10-11,13,18-20,23-25H2,1-4H3,(H,40,45)(H,46,47)/t31-/m1/s1. The van der Waals surface area contributed by atoms with Crippen LogP contribution in [0.25, 0.3) is 22.2 Å². The van der Waals surface area contributed by atoms with E-state index in [1.807, 2.05) is 67.6 Å². The van der Waals surface area contributed by atoms with Gasteiger partial charge in [-0.15, -0.1) is 0 Å². The number of aryl methyl sites for hydroxylation is 2. The molecule has 0 aliphatic carbocycles. The predicted molar refractivity (Wildman–Crippen MR) is 195 cm³/mol. The Hall–Kier alpha value is -3.95. The Kier molecular flexibility index (Phi) is 12.1. The highest BCUT2D eigenvalue weighted by Gasteiger charge is 2.23. The maximum Gasteiger partial charge on any atom is 0.336 e. The minimum absolute atomic E-state index is 0.150. The normalized spacial score (nSPS) is 14.4. The molecule has 1 atom stereocenters. The molecule has 0 unspecified atom stereocenters. The Morgan fingerprint density at radius 3 is 2.44 bits per heavy atom. The van der Waals surface area contributed by atoms with Gasteiger partial charge in [0.15, 0.2) is 0 Å². The molecule has 254 valence electrons. The lowest BCUT2D eigenvalue weighted by atomic mass is 9.95. The minimum atomic E-state index is -0.981. The number of benzene rings is 3. The molecule has 8 nitrogen and oxygen atoms in total. The van der Waals surface area contributed by atoms with E-state index in [9.17, 15) is 19.5 Å². The van der Waals surface area contributed by atoms with Crippen molar-refractivity contribution in [2.75, 3.05) is 25.4 Å². The number of carboxylic acid groups (broad SMARTS) is 1. The number of likely N-dealkylation sites (tertiary alicyclic amines) is 1. The third-order valence-corrected chi connectivity index (χ3v) is 10.00. The number of carbonyl (C=O) groups excluding carboxylic acids is 2. The molecule has 0 saturated carbocycles. The predicted octanol–water partition coefficient (Wildman–Crippen LogP) is 7.60. The second-order valence-corrected chi connectivity index (χ2v) is 14.4. The number of piperidine rings is 1. The van der Waals surface area contributed by atoms with Crippen molar-refractivity contribution in [1.82, 2.24) is 19.8 Å². The fraction of sp³-hybridized carbons (Fsp3) is 0.436. The van der Waals surface area contributed by atoms with Gasteiger partial charge < -0.3 is 15.0 Å². The Morgan fingerprint density at radius 1 is 1.00 bits per heavy atom. The van der Waals surface area contributed by atoms with Crippen LogP contribution >= 0.6 is 11.8 Å². The summed E-state index contributed by atoms with van der Waals surface area (Å²) in [5, 5.41) is 13.8. The fourth-order valence-electron chi connectivity index (χ4n) is 6.72. The highest BCUT2D eigenvalue weighted by Crippen LogP contribution is 2.30. The number of hydrogen-bond acceptors (Lipinski definition) is 6. The summed E-state index contributed by atoms with van der Waals surface area (Å²) in [6.07, 6.45) is 5.88. The summed E-state index contributed by atoms with van der Waals surface area (Å²) < 4.78 is 2.07. The van der Waals surface area contributed by atoms with E-state index in [-0.39, 0.29) is 22.6 Å². The third kappa shape index (κ3) is 8.74. The van der Waals surface area contributed by atoms with Crippen LogP contribution in [-0.2, 0) is 17.8 Å². The van der Waals surface area contributed by atoms with Crippen LogP contribution in [0.5, 0.6) is 0 Å². The number of imidazole rings is 1. The van der Waals surface area contributed by atoms with E-state index < -0.39 is 5.97 Å². The fourth-order valence-corrected chi connectivity index (χ4v) is 7.60. The first-order chi connectivity index (χ1) is 23.1. The van der Waals surface area contributed by atoms with Crippen molar-refractivity contribution in [3.05, 3.63) is 88.7 Å². The SMILES string of the molecule is CCCc1nc2c(C)cc(C(=O)N[C@@H](CSC(=O)CN3CCCCC3)CC(C)C)cc2n1Cc1cccc(-c2ccccc2)c1C(=O)O. The summed E-state index contributed by atoms with van der Waals surface area (Å²) in [7, 11) is 0. The lowest BCUT2D eigenvalue weighted by Gasteiger charge is -2.26. The minimum Gasteiger partial charge on any atom is -0.478 e. The van der Waals surface area contributed by atoms with E-state index >= 15 is 0 Å². The number of carbonyl (C=O) groups is 3. The molecule has 1 amide bonds. The van der Waals surface area contributed by atoms with Crippen LogP contribution in [-0.4, -0.2) is 68.0 Å². The Labute approximate surface area is 288 Å². The lowest BCUT2D eigenvalue weighted by Crippen LogP contribution is -2.39. The Balaban J connectivity index is 1.43. The zero-order chi connectivity index (χ0) is 34.2. The number of aromatic carboxylic acids is 1. The van der Waals surface area contributed by atoms with Crippen LogP contribution < -0.4 is 5.32 Å². The highest BCUT2D eigenvalue weighted by atomic mass is 32.2. The van der Waals surface area contributed by atoms with Crippen LogP contribution in [0.15, 0.2) is 60.7 Å². The molecule has 0 radical (unpaired) electrons. The van der Waals surface area contributed by atoms with Gasteiger partial charge in [0.2, 0.25) is 5.12 Å². The first kappa shape index (κ1) is 35.4. The van der Waals surface area contributed by atoms with Crippen LogP contribution in [0.3, 0.4) is 0 Å². The average Bonchev–Trinajstić information content (AvgIpc) is 3.41. The van der Waals surface area contributed by atoms with Gasteiger partial charge in [-0.05, 0) is 86.0 Å². The van der Waals surface area contributed by atoms with Gasteiger partial charge in [0.05, 0.1) is 29.7 Å². The van der Waals surface area contributed by atoms with Crippen LogP contribution in [0.1, 0.15) is 90.5 Å². The van der Waals surface area contributed by atoms with Crippen LogP contribution in [0.4, 0.5) is 0 Å². The van der Waals surface area contributed by atoms with Gasteiger partial charge in [-0.3, -0.25) is 14.5 Å². The first-order valence-electron chi connectivity index (χ1n) is 17.2. The molecule has 1 aliphatic rings. The van der Waals surface area contributed by atoms with E-state index in [2.05, 4.69) is 35.6 Å². The number of aromatic nitrogens is 2. The number of fused-ring (bicyclic) bond motifs is 1. The van der Waals surface area contributed by atoms with Crippen LogP contribution in [0, 0.1) is 12.8 Å². The van der Waals surface area contributed by atoms with Crippen molar-refractivity contribution in [2.45, 2.75) is 78.8 Å². The number of nitrogens with one attached hydrogen (secondary N) is 1. The number of thioether (sulfide) groups is 1. The summed E-state index contributed by atoms with van der Waals surface area (Å²) in [6.45, 7) is 11.0. The number of hydrogen-bond donors (Lipinski definition) is 2. The molecule has 1 fully saturated rings. The van der Waals surface area contributed by atoms with Gasteiger partial charge >= 0.3 is 5.97 Å². The van der Waals surface area contributed by atoms with Crippen molar-refractivity contribution in [2.24, 2.45) is 5.92 Å². The van der Waals surface area contributed by atoms with E-state index in [1.165, 1.54) is 18.2 Å². The van der Waals surface area contributed by atoms with Crippen molar-refractivity contribution in [3.8, 4) is 11.1 Å². The average molecular weight is 669 g/mol. The molecule has 2 N–H and O–H groups in total. The largest absolute Gasteiger partial charge is 0.478 e. The van der Waals surface area contributed by atoms with E-state index in [4.69, 9.17) is 4.98 Å². The molecule has 1 aliphatic heterocycles. The molecule has 2 heterocycles. The smallest absolute Gasteiger partial charge is 0.336 e. The Bertz CT molecular complexity index is 1740. The number of nitrogens with zero attached hydrogens (tertiary/aromatic N) is 3. The van der Waals surface area contributed by atoms with Gasteiger partial charge in [0.1, 0.15) is 5.82 Å². The van der Waals surface area contributed by atoms with Crippen molar-refractivity contribution < 1.29 is 19.5 Å². The second kappa shape index (κ2) is 16.4. The molecule has 4 aromatic rings. The van der Waals surface area contributed by atoms with Gasteiger partial charge in [-0.2, -0.15) is 0 Å². The maximum atomic E-state index is 13.8. The third-order valence-electron chi connectivity index (χ3n) is 8.98. The molecule has 1 aromatic heterocycles. The Morgan fingerprint density at radius 2 is 1.75 bits per heavy atom. The molecule has 48 heavy (non-hydrogen) atoms.